The van der Waals surface area contributed by atoms with E-state index in [1.165, 1.54) is 10.4 Å². The molecule has 0 aromatic carbocycles. The van der Waals surface area contributed by atoms with Gasteiger partial charge in [0.25, 0.3) is 0 Å². The number of carbonyl (C=O) groups excluding carboxylic acids is 1. The molecule has 1 aliphatic heterocycles. The van der Waals surface area contributed by atoms with E-state index in [-0.39, 0.29) is 11.2 Å². The number of hydrogen-bond donors (Lipinski definition) is 2. The van der Waals surface area contributed by atoms with Gasteiger partial charge in [-0.2, -0.15) is 5.10 Å². The van der Waals surface area contributed by atoms with Crippen molar-refractivity contribution in [1.82, 2.24) is 20.1 Å². The molecule has 0 fully saturated rings. The van der Waals surface area contributed by atoms with E-state index in [9.17, 15) is 4.79 Å². The van der Waals surface area contributed by atoms with Crippen LogP contribution in [0.4, 0.5) is 0 Å². The van der Waals surface area contributed by atoms with E-state index in [0.29, 0.717) is 11.3 Å². The van der Waals surface area contributed by atoms with Gasteiger partial charge in [-0.25, -0.2) is 0 Å². The first-order valence-electron chi connectivity index (χ1n) is 6.22. The largest absolute Gasteiger partial charge is 0.348 e. The van der Waals surface area contributed by atoms with Crippen molar-refractivity contribution in [2.24, 2.45) is 7.05 Å². The van der Waals surface area contributed by atoms with Gasteiger partial charge in [0.05, 0.1) is 6.54 Å². The molecule has 3 heterocycles. The van der Waals surface area contributed by atoms with Crippen molar-refractivity contribution in [2.75, 3.05) is 5.75 Å². The smallest absolute Gasteiger partial charge is 0.238 e. The number of amides is 1. The molecular formula is C12H14N4OS3. The lowest BCUT2D eigenvalue weighted by Gasteiger charge is -2.21. The number of fused-ring (bicyclic) bond motifs is 1. The number of aromatic amines is 1. The maximum Gasteiger partial charge on any atom is 0.238 e. The molecule has 1 aliphatic rings. The molecule has 0 bridgehead atoms. The van der Waals surface area contributed by atoms with Gasteiger partial charge in [0, 0.05) is 11.9 Å². The van der Waals surface area contributed by atoms with Gasteiger partial charge in [-0.15, -0.1) is 23.1 Å². The van der Waals surface area contributed by atoms with Crippen LogP contribution in [0.5, 0.6) is 0 Å². The number of nitrogens with one attached hydrogen (secondary N) is 2. The van der Waals surface area contributed by atoms with Crippen molar-refractivity contribution < 1.29 is 4.79 Å². The Morgan fingerprint density at radius 1 is 1.70 bits per heavy atom. The first-order chi connectivity index (χ1) is 9.66. The van der Waals surface area contributed by atoms with Crippen LogP contribution in [-0.4, -0.2) is 26.4 Å². The second-order valence-electron chi connectivity index (χ2n) is 4.52. The summed E-state index contributed by atoms with van der Waals surface area (Å²) in [5.41, 5.74) is 1.17. The van der Waals surface area contributed by atoms with Gasteiger partial charge >= 0.3 is 0 Å². The molecule has 1 unspecified atom stereocenters. The lowest BCUT2D eigenvalue weighted by molar-refractivity contribution is -0.120. The maximum atomic E-state index is 12.3. The summed E-state index contributed by atoms with van der Waals surface area (Å²) < 4.78 is 2.32. The van der Waals surface area contributed by atoms with E-state index in [1.54, 1.807) is 27.7 Å². The molecular weight excluding hydrogens is 312 g/mol. The van der Waals surface area contributed by atoms with E-state index >= 15 is 0 Å². The summed E-state index contributed by atoms with van der Waals surface area (Å²) in [7, 11) is 1.83. The second-order valence-corrected chi connectivity index (χ2v) is 7.12. The maximum absolute atomic E-state index is 12.3. The van der Waals surface area contributed by atoms with Crippen LogP contribution in [0.1, 0.15) is 21.5 Å². The van der Waals surface area contributed by atoms with Crippen molar-refractivity contribution in [2.45, 2.75) is 18.2 Å². The minimum absolute atomic E-state index is 0.0447. The number of thioether (sulfide) groups is 1. The molecule has 0 aliphatic carbocycles. The first kappa shape index (κ1) is 13.8. The molecule has 2 N–H and O–H groups in total. The Hall–Kier alpha value is -1.12. The Kier molecular flexibility index (Phi) is 3.95. The molecule has 3 rings (SSSR count). The van der Waals surface area contributed by atoms with Crippen LogP contribution in [-0.2, 0) is 24.8 Å². The Bertz CT molecular complexity index is 687. The van der Waals surface area contributed by atoms with E-state index in [1.807, 2.05) is 7.05 Å². The van der Waals surface area contributed by atoms with Crippen LogP contribution in [0.25, 0.3) is 0 Å². The highest BCUT2D eigenvalue weighted by Gasteiger charge is 2.27. The van der Waals surface area contributed by atoms with Crippen molar-refractivity contribution in [3.8, 4) is 0 Å². The molecule has 8 heteroatoms. The van der Waals surface area contributed by atoms with Crippen molar-refractivity contribution in [3.63, 3.8) is 0 Å². The number of thiophene rings is 1. The summed E-state index contributed by atoms with van der Waals surface area (Å²) in [4.78, 5) is 13.7. The third-order valence-electron chi connectivity index (χ3n) is 3.31. The van der Waals surface area contributed by atoms with Crippen molar-refractivity contribution in [3.05, 3.63) is 32.5 Å². The van der Waals surface area contributed by atoms with E-state index in [2.05, 4.69) is 27.0 Å². The molecule has 2 aromatic heterocycles. The zero-order chi connectivity index (χ0) is 14.1. The lowest BCUT2D eigenvalue weighted by atomic mass is 10.1. The van der Waals surface area contributed by atoms with Crippen LogP contribution in [0, 0.1) is 4.77 Å². The summed E-state index contributed by atoms with van der Waals surface area (Å²) in [5, 5.41) is 11.7. The minimum atomic E-state index is -0.0998. The Balaban J connectivity index is 1.69. The third kappa shape index (κ3) is 2.55. The number of carbonyl (C=O) groups is 1. The predicted molar refractivity (Wildman–Crippen MR) is 83.5 cm³/mol. The van der Waals surface area contributed by atoms with Gasteiger partial charge in [-0.3, -0.25) is 9.89 Å². The number of rotatable bonds is 3. The molecule has 1 amide bonds. The summed E-state index contributed by atoms with van der Waals surface area (Å²) in [6.45, 7) is 0.388. The number of H-pyrrole nitrogens is 1. The topological polar surface area (TPSA) is 62.7 Å². The van der Waals surface area contributed by atoms with E-state index in [0.717, 1.165) is 18.0 Å². The predicted octanol–water partition coefficient (Wildman–Crippen LogP) is 2.19. The van der Waals surface area contributed by atoms with Crippen LogP contribution in [0.2, 0.25) is 0 Å². The fourth-order valence-corrected chi connectivity index (χ4v) is 4.63. The molecule has 0 saturated heterocycles. The van der Waals surface area contributed by atoms with Gasteiger partial charge in [-0.1, -0.05) is 0 Å². The second kappa shape index (κ2) is 5.71. The van der Waals surface area contributed by atoms with E-state index in [4.69, 9.17) is 12.2 Å². The Morgan fingerprint density at radius 2 is 2.55 bits per heavy atom. The highest BCUT2D eigenvalue weighted by Crippen LogP contribution is 2.39. The molecule has 2 aromatic rings. The molecule has 106 valence electrons. The number of nitrogens with zero attached hydrogens (tertiary/aromatic N) is 2. The quantitative estimate of drug-likeness (QED) is 0.849. The minimum Gasteiger partial charge on any atom is -0.348 e. The fraction of sp³-hybridized carbons (Fsp3) is 0.417. The van der Waals surface area contributed by atoms with Crippen LogP contribution in [0.3, 0.4) is 0 Å². The van der Waals surface area contributed by atoms with Gasteiger partial charge in [0.15, 0.2) is 10.6 Å². The summed E-state index contributed by atoms with van der Waals surface area (Å²) >= 11 is 8.49. The molecule has 5 nitrogen and oxygen atoms in total. The van der Waals surface area contributed by atoms with Gasteiger partial charge in [0.1, 0.15) is 5.25 Å². The molecule has 0 saturated carbocycles. The average Bonchev–Trinajstić information content (AvgIpc) is 3.04. The summed E-state index contributed by atoms with van der Waals surface area (Å²) in [6.07, 6.45) is 1.06. The van der Waals surface area contributed by atoms with Crippen LogP contribution >= 0.6 is 35.3 Å². The van der Waals surface area contributed by atoms with Gasteiger partial charge in [0.2, 0.25) is 5.91 Å². The highest BCUT2D eigenvalue weighted by molar-refractivity contribution is 8.00. The summed E-state index contributed by atoms with van der Waals surface area (Å²) in [6, 6.07) is 2.06. The van der Waals surface area contributed by atoms with Gasteiger partial charge < -0.3 is 9.88 Å². The zero-order valence-corrected chi connectivity index (χ0v) is 13.3. The Morgan fingerprint density at radius 3 is 3.30 bits per heavy atom. The zero-order valence-electron chi connectivity index (χ0n) is 10.9. The van der Waals surface area contributed by atoms with Crippen LogP contribution < -0.4 is 5.32 Å². The average molecular weight is 326 g/mol. The van der Waals surface area contributed by atoms with Gasteiger partial charge in [-0.05, 0) is 41.4 Å². The molecule has 0 spiro atoms. The number of hydrogen-bond acceptors (Lipinski definition) is 5. The van der Waals surface area contributed by atoms with Crippen molar-refractivity contribution in [1.29, 1.82) is 0 Å². The highest BCUT2D eigenvalue weighted by atomic mass is 32.2. The fourth-order valence-electron chi connectivity index (χ4n) is 2.16. The normalized spacial score (nSPS) is 17.8. The first-order valence-corrected chi connectivity index (χ1v) is 8.56. The number of aryl methyl sites for hydroxylation is 1. The van der Waals surface area contributed by atoms with Crippen LogP contribution in [0.15, 0.2) is 11.4 Å². The van der Waals surface area contributed by atoms with Crippen molar-refractivity contribution >= 4 is 41.2 Å². The van der Waals surface area contributed by atoms with E-state index < -0.39 is 0 Å². The number of aromatic nitrogens is 3. The Labute approximate surface area is 129 Å². The molecule has 0 radical (unpaired) electrons. The summed E-state index contributed by atoms with van der Waals surface area (Å²) in [5.74, 6) is 1.77. The SMILES string of the molecule is Cn1c(CNC(=O)C2SCCc3sccc32)n[nH]c1=S. The monoisotopic (exact) mass is 326 g/mol. The third-order valence-corrected chi connectivity index (χ3v) is 5.91. The molecule has 1 atom stereocenters. The standard InChI is InChI=1S/C12H14N4OS3/c1-16-9(14-15-12(16)18)6-13-11(17)10-7-2-4-19-8(7)3-5-20-10/h2,4,10H,3,5-6H2,1H3,(H,13,17)(H,15,18). The molecule has 20 heavy (non-hydrogen) atoms. The lowest BCUT2D eigenvalue weighted by Crippen LogP contribution is -2.30.